The molecule has 36 heavy (non-hydrogen) atoms. The molecule has 2 fully saturated rings. The molecule has 1 amide bonds. The molecule has 0 radical (unpaired) electrons. The van der Waals surface area contributed by atoms with Crippen molar-refractivity contribution in [2.75, 3.05) is 19.8 Å². The molecule has 184 valence electrons. The molecule has 3 aromatic carbocycles. The standard InChI is InChI=1S/C29H26BrNO5/c30-20-7-5-6-19(13-20)29(36-17-27(32)33)14-18-12-26(29)31(15-18)28(34)35-16-25-23-10-3-1-8-21(23)22-9-2-4-11-24(22)25/h1-11,13,18,25-26H,12,14-17H2,(H,32,33). The second kappa shape index (κ2) is 9.05. The van der Waals surface area contributed by atoms with Gasteiger partial charge in [0.15, 0.2) is 0 Å². The maximum atomic E-state index is 13.5. The van der Waals surface area contributed by atoms with Crippen molar-refractivity contribution < 1.29 is 24.2 Å². The van der Waals surface area contributed by atoms with Crippen LogP contribution in [0.15, 0.2) is 77.3 Å². The quantitative estimate of drug-likeness (QED) is 0.422. The van der Waals surface area contributed by atoms with E-state index >= 15 is 0 Å². The Morgan fingerprint density at radius 2 is 1.69 bits per heavy atom. The lowest BCUT2D eigenvalue weighted by atomic mass is 9.85. The molecular formula is C29H26BrNO5. The van der Waals surface area contributed by atoms with Gasteiger partial charge in [0.05, 0.1) is 6.04 Å². The normalized spacial score (nSPS) is 24.0. The third kappa shape index (κ3) is 3.82. The molecule has 2 aliphatic carbocycles. The highest BCUT2D eigenvalue weighted by atomic mass is 79.9. The number of hydrogen-bond donors (Lipinski definition) is 1. The summed E-state index contributed by atoms with van der Waals surface area (Å²) in [6, 6.07) is 24.0. The molecule has 1 heterocycles. The van der Waals surface area contributed by atoms with Gasteiger partial charge in [-0.05, 0) is 58.7 Å². The average Bonchev–Trinajstić information content (AvgIpc) is 3.56. The molecule has 6 nitrogen and oxygen atoms in total. The van der Waals surface area contributed by atoms with Crippen LogP contribution in [-0.2, 0) is 19.9 Å². The summed E-state index contributed by atoms with van der Waals surface area (Å²) in [5.41, 5.74) is 4.71. The van der Waals surface area contributed by atoms with Crippen LogP contribution in [0.4, 0.5) is 4.79 Å². The third-order valence-corrected chi connectivity index (χ3v) is 8.35. The fraction of sp³-hybridized carbons (Fsp3) is 0.310. The molecule has 1 saturated carbocycles. The number of likely N-dealkylation sites (tertiary alicyclic amines) is 1. The SMILES string of the molecule is O=C(O)COC1(c2cccc(Br)c2)CC2CC1N(C(=O)OCC1c3ccccc3-c3ccccc31)C2. The maximum absolute atomic E-state index is 13.5. The lowest BCUT2D eigenvalue weighted by Gasteiger charge is -2.43. The molecule has 1 N–H and O–H groups in total. The molecule has 2 bridgehead atoms. The Morgan fingerprint density at radius 1 is 1.00 bits per heavy atom. The van der Waals surface area contributed by atoms with Gasteiger partial charge in [-0.2, -0.15) is 0 Å². The number of carboxylic acid groups (broad SMARTS) is 1. The number of piperidine rings is 1. The van der Waals surface area contributed by atoms with Crippen LogP contribution in [0.5, 0.6) is 0 Å². The first-order chi connectivity index (χ1) is 17.5. The molecule has 3 aliphatic rings. The molecule has 1 saturated heterocycles. The van der Waals surface area contributed by atoms with Gasteiger partial charge in [0.1, 0.15) is 18.8 Å². The van der Waals surface area contributed by atoms with E-state index in [1.165, 1.54) is 22.3 Å². The fourth-order valence-corrected chi connectivity index (χ4v) is 6.85. The minimum atomic E-state index is -1.03. The van der Waals surface area contributed by atoms with Crippen molar-refractivity contribution in [3.05, 3.63) is 94.0 Å². The van der Waals surface area contributed by atoms with Crippen molar-refractivity contribution in [3.63, 3.8) is 0 Å². The first kappa shape index (κ1) is 23.3. The number of carbonyl (C=O) groups is 2. The Morgan fingerprint density at radius 3 is 2.33 bits per heavy atom. The van der Waals surface area contributed by atoms with Crippen molar-refractivity contribution >= 4 is 28.0 Å². The van der Waals surface area contributed by atoms with Crippen LogP contribution in [0.2, 0.25) is 0 Å². The number of nitrogens with zero attached hydrogens (tertiary/aromatic N) is 1. The minimum absolute atomic E-state index is 0.0146. The van der Waals surface area contributed by atoms with E-state index in [1.54, 1.807) is 4.90 Å². The van der Waals surface area contributed by atoms with Crippen molar-refractivity contribution in [2.45, 2.75) is 30.4 Å². The zero-order valence-corrected chi connectivity index (χ0v) is 21.2. The number of rotatable bonds is 6. The number of carboxylic acids is 1. The summed E-state index contributed by atoms with van der Waals surface area (Å²) in [4.78, 5) is 26.6. The average molecular weight is 548 g/mol. The first-order valence-corrected chi connectivity index (χ1v) is 13.0. The van der Waals surface area contributed by atoms with Gasteiger partial charge in [-0.15, -0.1) is 0 Å². The van der Waals surface area contributed by atoms with Crippen LogP contribution >= 0.6 is 15.9 Å². The van der Waals surface area contributed by atoms with Gasteiger partial charge < -0.3 is 19.5 Å². The van der Waals surface area contributed by atoms with E-state index in [9.17, 15) is 14.7 Å². The molecule has 6 rings (SSSR count). The van der Waals surface area contributed by atoms with Gasteiger partial charge in [0.25, 0.3) is 0 Å². The van der Waals surface area contributed by atoms with Crippen molar-refractivity contribution in [1.29, 1.82) is 0 Å². The third-order valence-electron chi connectivity index (χ3n) is 7.85. The summed E-state index contributed by atoms with van der Waals surface area (Å²) in [6.45, 7) is 0.419. The van der Waals surface area contributed by atoms with Crippen LogP contribution in [-0.4, -0.2) is 47.9 Å². The predicted octanol–water partition coefficient (Wildman–Crippen LogP) is 5.79. The molecule has 7 heteroatoms. The Hall–Kier alpha value is -3.16. The summed E-state index contributed by atoms with van der Waals surface area (Å²) in [5, 5.41) is 9.36. The summed E-state index contributed by atoms with van der Waals surface area (Å²) in [6.07, 6.45) is 1.06. The number of amides is 1. The zero-order valence-electron chi connectivity index (χ0n) is 19.6. The minimum Gasteiger partial charge on any atom is -0.480 e. The van der Waals surface area contributed by atoms with Gasteiger partial charge >= 0.3 is 12.1 Å². The Kier molecular flexibility index (Phi) is 5.85. The van der Waals surface area contributed by atoms with E-state index in [4.69, 9.17) is 9.47 Å². The van der Waals surface area contributed by atoms with Crippen LogP contribution in [0, 0.1) is 5.92 Å². The van der Waals surface area contributed by atoms with Crippen molar-refractivity contribution in [2.24, 2.45) is 5.92 Å². The van der Waals surface area contributed by atoms with Crippen LogP contribution < -0.4 is 0 Å². The maximum Gasteiger partial charge on any atom is 0.410 e. The van der Waals surface area contributed by atoms with Crippen molar-refractivity contribution in [3.8, 4) is 11.1 Å². The Labute approximate surface area is 218 Å². The van der Waals surface area contributed by atoms with E-state index in [2.05, 4.69) is 40.2 Å². The first-order valence-electron chi connectivity index (χ1n) is 12.2. The van der Waals surface area contributed by atoms with Gasteiger partial charge in [-0.25, -0.2) is 9.59 Å². The van der Waals surface area contributed by atoms with Gasteiger partial charge in [-0.1, -0.05) is 76.6 Å². The highest BCUT2D eigenvalue weighted by Crippen LogP contribution is 2.53. The lowest BCUT2D eigenvalue weighted by Crippen LogP contribution is -2.53. The van der Waals surface area contributed by atoms with Crippen LogP contribution in [0.3, 0.4) is 0 Å². The number of hydrogen-bond acceptors (Lipinski definition) is 4. The summed E-state index contributed by atoms with van der Waals surface area (Å²) < 4.78 is 13.0. The molecule has 0 aromatic heterocycles. The van der Waals surface area contributed by atoms with Gasteiger partial charge in [0.2, 0.25) is 0 Å². The molecule has 3 aromatic rings. The predicted molar refractivity (Wildman–Crippen MR) is 138 cm³/mol. The van der Waals surface area contributed by atoms with Crippen molar-refractivity contribution in [1.82, 2.24) is 4.90 Å². The number of halogens is 1. The topological polar surface area (TPSA) is 76.1 Å². The molecule has 3 atom stereocenters. The summed E-state index contributed by atoms with van der Waals surface area (Å²) >= 11 is 3.52. The molecule has 1 aliphatic heterocycles. The number of fused-ring (bicyclic) bond motifs is 5. The number of aliphatic carboxylic acids is 1. The van der Waals surface area contributed by atoms with E-state index in [-0.39, 0.29) is 30.6 Å². The molecular weight excluding hydrogens is 522 g/mol. The summed E-state index contributed by atoms with van der Waals surface area (Å²) in [5.74, 6) is -0.817. The number of benzene rings is 3. The zero-order chi connectivity index (χ0) is 24.9. The monoisotopic (exact) mass is 547 g/mol. The van der Waals surface area contributed by atoms with E-state index < -0.39 is 18.2 Å². The summed E-state index contributed by atoms with van der Waals surface area (Å²) in [7, 11) is 0. The van der Waals surface area contributed by atoms with E-state index in [1.807, 2.05) is 48.5 Å². The number of carbonyl (C=O) groups excluding carboxylic acids is 1. The second-order valence-electron chi connectivity index (χ2n) is 9.86. The van der Waals surface area contributed by atoms with E-state index in [0.717, 1.165) is 16.5 Å². The van der Waals surface area contributed by atoms with Crippen LogP contribution in [0.1, 0.15) is 35.4 Å². The van der Waals surface area contributed by atoms with Crippen LogP contribution in [0.25, 0.3) is 11.1 Å². The highest BCUT2D eigenvalue weighted by Gasteiger charge is 2.59. The highest BCUT2D eigenvalue weighted by molar-refractivity contribution is 9.10. The smallest absolute Gasteiger partial charge is 0.410 e. The fourth-order valence-electron chi connectivity index (χ4n) is 6.45. The molecule has 0 spiro atoms. The second-order valence-corrected chi connectivity index (χ2v) is 10.8. The lowest BCUT2D eigenvalue weighted by molar-refractivity contribution is -0.157. The molecule has 3 unspecified atom stereocenters. The Balaban J connectivity index is 1.25. The van der Waals surface area contributed by atoms with Gasteiger partial charge in [0, 0.05) is 16.9 Å². The van der Waals surface area contributed by atoms with Gasteiger partial charge in [-0.3, -0.25) is 0 Å². The largest absolute Gasteiger partial charge is 0.480 e. The number of ether oxygens (including phenoxy) is 2. The Bertz CT molecular complexity index is 1300. The van der Waals surface area contributed by atoms with E-state index in [0.29, 0.717) is 13.0 Å².